The predicted octanol–water partition coefficient (Wildman–Crippen LogP) is 12.2. The predicted molar refractivity (Wildman–Crippen MR) is 513 cm³/mol. The Hall–Kier alpha value is -8.66. The molecule has 0 bridgehead atoms. The molecule has 29 nitrogen and oxygen atoms in total. The molecule has 4 aromatic carbocycles. The van der Waals surface area contributed by atoms with E-state index in [0.29, 0.717) is 120 Å². The molecule has 4 saturated carbocycles. The van der Waals surface area contributed by atoms with E-state index in [1.165, 1.54) is 42.7 Å². The number of benzene rings is 4. The number of nitrogens with zero attached hydrogens (tertiary/aromatic N) is 5. The zero-order valence-electron chi connectivity index (χ0n) is 82.4. The van der Waals surface area contributed by atoms with Gasteiger partial charge in [0.2, 0.25) is 0 Å². The summed E-state index contributed by atoms with van der Waals surface area (Å²) in [7, 11) is 0. The Morgan fingerprint density at radius 3 is 1.17 bits per heavy atom. The van der Waals surface area contributed by atoms with Crippen LogP contribution in [-0.2, 0) is 42.9 Å². The molecule has 4 fully saturated rings. The Morgan fingerprint density at radius 2 is 0.869 bits per heavy atom. The van der Waals surface area contributed by atoms with Gasteiger partial charge in [0.05, 0.1) is 39.6 Å². The van der Waals surface area contributed by atoms with Crippen molar-refractivity contribution >= 4 is 64.9 Å². The number of ether oxygens (including phenoxy) is 8. The van der Waals surface area contributed by atoms with Gasteiger partial charge in [-0.2, -0.15) is 0 Å². The molecule has 1 amide bonds. The van der Waals surface area contributed by atoms with Crippen LogP contribution in [0.3, 0.4) is 0 Å². The molecule has 0 aromatic heterocycles. The van der Waals surface area contributed by atoms with Crippen LogP contribution in [0.4, 0.5) is 4.79 Å². The Morgan fingerprint density at radius 1 is 0.515 bits per heavy atom. The molecule has 7 aliphatic rings. The van der Waals surface area contributed by atoms with Crippen molar-refractivity contribution < 1.29 is 107 Å². The van der Waals surface area contributed by atoms with E-state index in [4.69, 9.17) is 48.1 Å². The van der Waals surface area contributed by atoms with Gasteiger partial charge in [0.1, 0.15) is 34.7 Å². The van der Waals surface area contributed by atoms with E-state index in [1.54, 1.807) is 44.7 Å². The van der Waals surface area contributed by atoms with Gasteiger partial charge in [-0.15, -0.1) is 0 Å². The van der Waals surface area contributed by atoms with Gasteiger partial charge in [-0.1, -0.05) is 157 Å². The van der Waals surface area contributed by atoms with Crippen molar-refractivity contribution in [1.29, 1.82) is 0 Å². The van der Waals surface area contributed by atoms with Gasteiger partial charge in [-0.25, -0.2) is 4.79 Å². The van der Waals surface area contributed by atoms with Gasteiger partial charge in [-0.3, -0.25) is 39.1 Å². The number of phenols is 1. The summed E-state index contributed by atoms with van der Waals surface area (Å²) >= 11 is 1.68. The van der Waals surface area contributed by atoms with Crippen LogP contribution in [0.2, 0.25) is 0 Å². The number of hydrogen-bond acceptors (Lipinski definition) is 28. The number of carbonyl (C=O) groups is 5. The molecule has 10 N–H and O–H groups in total. The summed E-state index contributed by atoms with van der Waals surface area (Å²) in [5.41, 5.74) is 4.06. The number of carbonyl (C=O) groups excluding carboxylic acids is 4. The number of carboxylic acid groups (broad SMARTS) is 1. The molecule has 130 heavy (non-hydrogen) atoms. The number of aliphatic imine (C=N–C) groups is 4. The van der Waals surface area contributed by atoms with Crippen LogP contribution < -0.4 is 70.1 Å². The van der Waals surface area contributed by atoms with Gasteiger partial charge in [0.25, 0.3) is 0 Å². The first kappa shape index (κ1) is 116. The summed E-state index contributed by atoms with van der Waals surface area (Å²) in [5.74, 6) is 5.98. The van der Waals surface area contributed by atoms with Crippen molar-refractivity contribution in [1.82, 2.24) is 36.8 Å². The molecule has 31 heteroatoms. The SMILES string of the molecule is CC(C)(C)OC([O-])=NCCCO.CC1(C)C(CC(=O)O)C1c1cccc(OCCCNC2=NCCCN2)c1.CCN(CC)CC.CCOC(=O)CC1C(c2cccc(O)c2)C1(C)C.CCOC(=O)CC1C(c2cccc(OCCCNC(=O)OC(C)(C)C)c2)C1(C)C.CCOC(=O)CC1C(c2cccc(OCCCNC3=NCCCN3)c2)C1(C)C.CSC1=NCCCN1.[Li+].[OH-]. The van der Waals surface area contributed by atoms with E-state index in [0.717, 1.165) is 118 Å². The first-order valence-electron chi connectivity index (χ1n) is 46.5. The first-order valence-corrected chi connectivity index (χ1v) is 47.7. The van der Waals surface area contributed by atoms with Gasteiger partial charge in [-0.05, 0) is 252 Å². The number of hydrogen-bond donors (Lipinski definition) is 9. The number of rotatable bonds is 36. The minimum Gasteiger partial charge on any atom is -0.870 e. The normalized spacial score (nSPS) is 20.4. The van der Waals surface area contributed by atoms with E-state index < -0.39 is 29.3 Å². The van der Waals surface area contributed by atoms with E-state index in [-0.39, 0.29) is 94.5 Å². The Balaban J connectivity index is 0.000000408. The number of guanidine groups is 2. The third-order valence-corrected chi connectivity index (χ3v) is 24.4. The Bertz CT molecular complexity index is 4120. The molecule has 8 atom stereocenters. The van der Waals surface area contributed by atoms with E-state index >= 15 is 0 Å². The van der Waals surface area contributed by atoms with Crippen molar-refractivity contribution in [2.45, 2.75) is 244 Å². The maximum Gasteiger partial charge on any atom is 1.00 e. The molecule has 726 valence electrons. The van der Waals surface area contributed by atoms with Crippen LogP contribution in [0.5, 0.6) is 23.0 Å². The van der Waals surface area contributed by atoms with Crippen LogP contribution in [0.25, 0.3) is 0 Å². The van der Waals surface area contributed by atoms with E-state index in [9.17, 15) is 34.2 Å². The maximum absolute atomic E-state index is 11.9. The number of carboxylic acids is 1. The molecule has 0 radical (unpaired) electrons. The molecule has 3 aliphatic heterocycles. The molecule has 8 unspecified atom stereocenters. The third kappa shape index (κ3) is 42.1. The number of aliphatic carboxylic acids is 1. The second-order valence-corrected chi connectivity index (χ2v) is 38.0. The summed E-state index contributed by atoms with van der Waals surface area (Å²) in [4.78, 5) is 76.9. The summed E-state index contributed by atoms with van der Waals surface area (Å²) in [6.07, 6.45) is 9.05. The molecule has 0 saturated heterocycles. The summed E-state index contributed by atoms with van der Waals surface area (Å²) < 4.78 is 43.0. The number of amidine groups is 1. The largest absolute Gasteiger partial charge is 1.00 e. The van der Waals surface area contributed by atoms with Gasteiger partial charge >= 0.3 is 48.8 Å². The summed E-state index contributed by atoms with van der Waals surface area (Å²) in [6.45, 7) is 55.4. The van der Waals surface area contributed by atoms with Crippen LogP contribution in [-0.4, -0.2) is 228 Å². The average Bonchev–Trinajstić information content (AvgIpc) is 1.59. The Kier molecular flexibility index (Phi) is 51.9. The minimum atomic E-state index is -0.720. The quantitative estimate of drug-likeness (QED) is 0.00510. The summed E-state index contributed by atoms with van der Waals surface area (Å²) in [5, 5.41) is 58.0. The molecule has 11 rings (SSSR count). The van der Waals surface area contributed by atoms with Gasteiger partial charge in [0.15, 0.2) is 17.1 Å². The van der Waals surface area contributed by atoms with Crippen LogP contribution in [0.1, 0.15) is 255 Å². The molecule has 0 spiro atoms. The van der Waals surface area contributed by atoms with Crippen molar-refractivity contribution in [2.24, 2.45) is 65.3 Å². The molecular weight excluding hydrogens is 1670 g/mol. The Labute approximate surface area is 792 Å². The summed E-state index contributed by atoms with van der Waals surface area (Å²) in [6, 6.07) is 31.8. The third-order valence-electron chi connectivity index (χ3n) is 23.7. The number of esters is 3. The zero-order chi connectivity index (χ0) is 94.7. The number of phenolic OH excluding ortho intramolecular Hbond substituents is 1. The number of aliphatic hydroxyl groups excluding tert-OH is 1. The van der Waals surface area contributed by atoms with Crippen molar-refractivity contribution in [3.8, 4) is 23.0 Å². The topological polar surface area (TPSA) is 398 Å². The number of amides is 1. The zero-order valence-corrected chi connectivity index (χ0v) is 83.2. The minimum absolute atomic E-state index is 0. The standard InChI is InChI=1S/C23H35NO5.C22H33N3O3.C20H29N3O3.C15H20O3.C8H17NO3.C6H15N.C5H10N2S.Li.H2O/c1-7-27-19(25)15-18-20(23(18,5)6)16-10-8-11-17(14-16)28-13-9-12-24-21(26)29-22(2,3)4;1-4-27-19(26)15-18-20(22(18,2)3)16-8-5-9-17(14-16)28-13-7-12-25-21-23-10-6-11-24-21;1-20(2)16(13-17(24)25)18(20)14-6-3-7-15(12-14)26-11-5-10-23-19-21-8-4-9-22-19;1-4-18-13(17)9-12-14(15(12,2)3)10-6-5-7-11(16)8-10;1-8(2,3)12-7(11)9-5-4-6-10;1-4-7(5-2)6-3;1-8-5-6-3-2-4-7-5;;/h8,10-11,14,18,20H,7,9,12-13,15H2,1-6H3,(H,24,26);5,8-9,14,18,20H,4,6-7,10-13,15H2,1-3H3,(H2,23,24,25);3,6-7,12,16,18H,4-5,8-11,13H2,1-2H3,(H,24,25)(H2,21,22,23);5-8,12,14,16H,4,9H2,1-3H3;10H,4-6H2,1-3H3,(H,9,11);4-6H2,1-3H3;2-4H2,1H3,(H,6,7);;1H2/q;;;;;;;+1;/p-2. The van der Waals surface area contributed by atoms with E-state index in [1.807, 2.05) is 96.3 Å². The maximum atomic E-state index is 11.9. The van der Waals surface area contributed by atoms with Crippen molar-refractivity contribution in [3.05, 3.63) is 119 Å². The fraction of sp³-hybridized carbons (Fsp3) is 0.667. The molecule has 4 aliphatic carbocycles. The second kappa shape index (κ2) is 58.4. The van der Waals surface area contributed by atoms with E-state index in [2.05, 4.69) is 169 Å². The van der Waals surface area contributed by atoms with Crippen LogP contribution in [0, 0.1) is 45.3 Å². The number of nitrogens with one attached hydrogen (secondary N) is 6. The smallest absolute Gasteiger partial charge is 0.870 e. The number of aliphatic hydroxyl groups is 1. The van der Waals surface area contributed by atoms with Crippen molar-refractivity contribution in [3.63, 3.8) is 0 Å². The molecule has 4 aromatic rings. The molecule has 3 heterocycles. The average molecular weight is 1830 g/mol. The van der Waals surface area contributed by atoms with Crippen molar-refractivity contribution in [2.75, 3.05) is 138 Å². The van der Waals surface area contributed by atoms with Crippen LogP contribution >= 0.6 is 11.8 Å². The first-order chi connectivity index (χ1) is 60.7. The second-order valence-electron chi connectivity index (χ2n) is 37.2. The fourth-order valence-electron chi connectivity index (χ4n) is 16.5. The van der Waals surface area contributed by atoms with Gasteiger partial charge in [0, 0.05) is 103 Å². The monoisotopic (exact) mass is 1830 g/mol. The number of alkyl carbamates (subject to hydrolysis) is 1. The fourth-order valence-corrected chi connectivity index (χ4v) is 17.0. The number of thioether (sulfide) groups is 1. The van der Waals surface area contributed by atoms with Gasteiger partial charge < -0.3 is 101 Å². The molecular formula is C99H159LiN11O18S-. The van der Waals surface area contributed by atoms with Crippen LogP contribution in [0.15, 0.2) is 117 Å². The number of aromatic hydroxyl groups is 1.